The van der Waals surface area contributed by atoms with Gasteiger partial charge in [0.25, 0.3) is 0 Å². The van der Waals surface area contributed by atoms with Crippen LogP contribution < -0.4 is 15.0 Å². The Bertz CT molecular complexity index is 2220. The fourth-order valence-electron chi connectivity index (χ4n) is 7.61. The lowest BCUT2D eigenvalue weighted by Gasteiger charge is -2.42. The predicted octanol–water partition coefficient (Wildman–Crippen LogP) is 8.33. The topological polar surface area (TPSA) is 153 Å². The van der Waals surface area contributed by atoms with E-state index in [2.05, 4.69) is 27.2 Å². The lowest BCUT2D eigenvalue weighted by Crippen LogP contribution is -2.57. The molecule has 2 bridgehead atoms. The first-order valence-electron chi connectivity index (χ1n) is 18.8. The Hall–Kier alpha value is -4.56. The van der Waals surface area contributed by atoms with Crippen LogP contribution in [0, 0.1) is 23.0 Å². The van der Waals surface area contributed by atoms with Gasteiger partial charge in [0, 0.05) is 35.5 Å². The Balaban J connectivity index is 0.000000612. The molecule has 0 aliphatic carbocycles. The Morgan fingerprint density at radius 1 is 1.07 bits per heavy atom. The van der Waals surface area contributed by atoms with Gasteiger partial charge in [-0.15, -0.1) is 11.3 Å². The number of carbonyl (C=O) groups is 2. The minimum absolute atomic E-state index is 0.0231. The van der Waals surface area contributed by atoms with Crippen LogP contribution in [0.3, 0.4) is 0 Å². The van der Waals surface area contributed by atoms with Crippen molar-refractivity contribution in [1.29, 1.82) is 5.26 Å². The van der Waals surface area contributed by atoms with Gasteiger partial charge in [-0.2, -0.15) is 15.2 Å². The number of halogens is 3. The van der Waals surface area contributed by atoms with E-state index in [0.717, 1.165) is 36.8 Å². The molecule has 2 aromatic heterocycles. The zero-order chi connectivity index (χ0) is 41.6. The standard InChI is InChI=1S/C34H35ClF2N6O5S.C6H13NO/c1-33(2,3)47-31(44)41-29-20(13-38)23-18(10-11-22(36)27(23)49-29)24-21(35)12-19-26(25(24)37)39-30(46-7)40-28(19)42-14-16-8-9-17(15-42)43(16)32(45)48-34(4,5)6;1-7-4-2-3-6(7)5-8/h10-12,16-17H,8-9,14-15H2,1-7H3,(H,41,44);6,8H,2-5H2,1H3. The quantitative estimate of drug-likeness (QED) is 0.200. The van der Waals surface area contributed by atoms with E-state index in [0.29, 0.717) is 36.9 Å². The van der Waals surface area contributed by atoms with E-state index in [9.17, 15) is 14.9 Å². The van der Waals surface area contributed by atoms with E-state index in [-0.39, 0.29) is 66.5 Å². The van der Waals surface area contributed by atoms with Gasteiger partial charge in [0.05, 0.1) is 41.1 Å². The highest BCUT2D eigenvalue weighted by atomic mass is 35.5. The summed E-state index contributed by atoms with van der Waals surface area (Å²) >= 11 is 7.67. The summed E-state index contributed by atoms with van der Waals surface area (Å²) in [5.41, 5.74) is -1.61. The Labute approximate surface area is 339 Å². The Morgan fingerprint density at radius 3 is 2.28 bits per heavy atom. The lowest BCUT2D eigenvalue weighted by atomic mass is 9.97. The number of methoxy groups -OCH3 is 1. The second kappa shape index (κ2) is 16.4. The number of rotatable bonds is 5. The molecule has 0 spiro atoms. The normalized spacial score (nSPS) is 19.7. The molecular formula is C40H48ClF2N7O6S. The zero-order valence-electron chi connectivity index (χ0n) is 33.3. The first kappa shape index (κ1) is 42.1. The SMILES string of the molecule is CN1CCCC1CO.COc1nc(N2CC3CCC(C2)N3C(=O)OC(C)(C)C)c2cc(Cl)c(-c3ccc(F)c4sc(NC(=O)OC(C)(C)C)c(C#N)c34)c(F)c2n1. The van der Waals surface area contributed by atoms with Crippen LogP contribution in [0.2, 0.25) is 5.02 Å². The van der Waals surface area contributed by atoms with Crippen molar-refractivity contribution in [1.82, 2.24) is 19.8 Å². The van der Waals surface area contributed by atoms with Crippen molar-refractivity contribution in [2.45, 2.75) is 96.6 Å². The number of benzene rings is 2. The molecule has 0 saturated carbocycles. The molecule has 7 rings (SSSR count). The number of aromatic nitrogens is 2. The van der Waals surface area contributed by atoms with Gasteiger partial charge in [-0.3, -0.25) is 10.2 Å². The summed E-state index contributed by atoms with van der Waals surface area (Å²) in [6.45, 7) is 12.8. The molecule has 2 aromatic carbocycles. The Morgan fingerprint density at radius 2 is 1.74 bits per heavy atom. The molecule has 3 saturated heterocycles. The van der Waals surface area contributed by atoms with Gasteiger partial charge in [-0.25, -0.2) is 18.4 Å². The summed E-state index contributed by atoms with van der Waals surface area (Å²) in [6, 6.07) is 6.13. The number of ether oxygens (including phenoxy) is 3. The van der Waals surface area contributed by atoms with Crippen LogP contribution in [-0.4, -0.2) is 107 Å². The molecule has 3 aliphatic heterocycles. The molecule has 3 unspecified atom stereocenters. The molecule has 5 heterocycles. The van der Waals surface area contributed by atoms with Gasteiger partial charge >= 0.3 is 18.2 Å². The summed E-state index contributed by atoms with van der Waals surface area (Å²) in [4.78, 5) is 40.5. The summed E-state index contributed by atoms with van der Waals surface area (Å²) in [5.74, 6) is -1.11. The van der Waals surface area contributed by atoms with E-state index >= 15 is 8.78 Å². The zero-order valence-corrected chi connectivity index (χ0v) is 34.9. The smallest absolute Gasteiger partial charge is 0.412 e. The molecule has 17 heteroatoms. The second-order valence-electron chi connectivity index (χ2n) is 16.5. The van der Waals surface area contributed by atoms with Gasteiger partial charge in [0.2, 0.25) is 0 Å². The third kappa shape index (κ3) is 8.81. The van der Waals surface area contributed by atoms with E-state index in [1.807, 2.05) is 31.7 Å². The first-order valence-corrected chi connectivity index (χ1v) is 20.0. The average Bonchev–Trinajstić information content (AvgIpc) is 3.79. The van der Waals surface area contributed by atoms with Gasteiger partial charge in [-0.05, 0) is 98.5 Å². The van der Waals surface area contributed by atoms with Crippen molar-refractivity contribution >= 4 is 66.9 Å². The molecular weight excluding hydrogens is 780 g/mol. The number of hydrogen-bond acceptors (Lipinski definition) is 12. The number of nitrogens with zero attached hydrogens (tertiary/aromatic N) is 6. The van der Waals surface area contributed by atoms with Gasteiger partial charge in [0.1, 0.15) is 39.4 Å². The maximum atomic E-state index is 16.9. The minimum atomic E-state index is -0.830. The molecule has 4 aromatic rings. The average molecular weight is 828 g/mol. The van der Waals surface area contributed by atoms with Crippen LogP contribution in [0.5, 0.6) is 6.01 Å². The fraction of sp³-hybridized carbons (Fsp3) is 0.525. The molecule has 57 heavy (non-hydrogen) atoms. The van der Waals surface area contributed by atoms with E-state index in [1.165, 1.54) is 26.0 Å². The number of aliphatic hydroxyl groups is 1. The number of anilines is 2. The monoisotopic (exact) mass is 827 g/mol. The summed E-state index contributed by atoms with van der Waals surface area (Å²) in [7, 11) is 3.44. The number of nitrogens with one attached hydrogen (secondary N) is 1. The minimum Gasteiger partial charge on any atom is -0.467 e. The van der Waals surface area contributed by atoms with Crippen LogP contribution in [-0.2, 0) is 9.47 Å². The van der Waals surface area contributed by atoms with E-state index in [4.69, 9.17) is 30.9 Å². The molecule has 2 amide bonds. The molecule has 3 atom stereocenters. The number of likely N-dealkylation sites (tertiary alicyclic amines) is 1. The fourth-order valence-corrected chi connectivity index (χ4v) is 8.97. The Kier molecular flexibility index (Phi) is 12.1. The molecule has 0 radical (unpaired) electrons. The van der Waals surface area contributed by atoms with Crippen LogP contribution in [0.25, 0.3) is 32.1 Å². The third-order valence-corrected chi connectivity index (χ3v) is 11.5. The van der Waals surface area contributed by atoms with Gasteiger partial charge in [-0.1, -0.05) is 17.7 Å². The number of fused-ring (bicyclic) bond motifs is 4. The number of amides is 2. The highest BCUT2D eigenvalue weighted by Gasteiger charge is 2.45. The van der Waals surface area contributed by atoms with Crippen LogP contribution >= 0.6 is 22.9 Å². The number of carbonyl (C=O) groups excluding carboxylic acids is 2. The molecule has 3 fully saturated rings. The number of thiophene rings is 1. The summed E-state index contributed by atoms with van der Waals surface area (Å²) < 4.78 is 48.5. The molecule has 2 N–H and O–H groups in total. The summed E-state index contributed by atoms with van der Waals surface area (Å²) in [6.07, 6.45) is 2.77. The highest BCUT2D eigenvalue weighted by molar-refractivity contribution is 7.23. The number of piperazine rings is 1. The number of likely N-dealkylation sites (N-methyl/N-ethyl adjacent to an activating group) is 1. The van der Waals surface area contributed by atoms with Crippen LogP contribution in [0.15, 0.2) is 18.2 Å². The maximum absolute atomic E-state index is 16.9. The van der Waals surface area contributed by atoms with E-state index in [1.54, 1.807) is 31.7 Å². The lowest BCUT2D eigenvalue weighted by molar-refractivity contribution is 0.0122. The molecule has 306 valence electrons. The van der Waals surface area contributed by atoms with Crippen molar-refractivity contribution in [2.75, 3.05) is 50.6 Å². The summed E-state index contributed by atoms with van der Waals surface area (Å²) in [5, 5.41) is 21.8. The third-order valence-electron chi connectivity index (χ3n) is 10.1. The number of aliphatic hydroxyl groups excluding tert-OH is 1. The first-order chi connectivity index (χ1) is 26.8. The van der Waals surface area contributed by atoms with Crippen molar-refractivity contribution in [3.05, 3.63) is 40.4 Å². The van der Waals surface area contributed by atoms with Crippen molar-refractivity contribution < 1.29 is 37.7 Å². The number of hydrogen-bond donors (Lipinski definition) is 2. The van der Waals surface area contributed by atoms with Crippen molar-refractivity contribution in [3.8, 4) is 23.2 Å². The van der Waals surface area contributed by atoms with Crippen LogP contribution in [0.1, 0.15) is 72.8 Å². The highest BCUT2D eigenvalue weighted by Crippen LogP contribution is 2.47. The second-order valence-corrected chi connectivity index (χ2v) is 17.9. The predicted molar refractivity (Wildman–Crippen MR) is 216 cm³/mol. The largest absolute Gasteiger partial charge is 0.467 e. The van der Waals surface area contributed by atoms with E-state index < -0.39 is 28.9 Å². The van der Waals surface area contributed by atoms with Gasteiger partial charge in [0.15, 0.2) is 5.82 Å². The van der Waals surface area contributed by atoms with Crippen LogP contribution in [0.4, 0.5) is 29.2 Å². The van der Waals surface area contributed by atoms with Crippen molar-refractivity contribution in [2.24, 2.45) is 0 Å². The number of nitriles is 1. The maximum Gasteiger partial charge on any atom is 0.412 e. The molecule has 13 nitrogen and oxygen atoms in total. The van der Waals surface area contributed by atoms with Crippen molar-refractivity contribution in [3.63, 3.8) is 0 Å². The molecule has 3 aliphatic rings. The van der Waals surface area contributed by atoms with Gasteiger partial charge < -0.3 is 29.1 Å².